The van der Waals surface area contributed by atoms with Crippen molar-refractivity contribution in [1.82, 2.24) is 9.78 Å². The maximum absolute atomic E-state index is 13.1. The molecule has 1 aromatic heterocycles. The third kappa shape index (κ3) is 1.67. The summed E-state index contributed by atoms with van der Waals surface area (Å²) in [6.07, 6.45) is -0.716. The predicted octanol–water partition coefficient (Wildman–Crippen LogP) is 1.96. The largest absolute Gasteiger partial charge is 0.396 e. The Morgan fingerprint density at radius 2 is 2.19 bits per heavy atom. The summed E-state index contributed by atoms with van der Waals surface area (Å²) in [6, 6.07) is 0.0170. The minimum absolute atomic E-state index is 0.0170. The number of aromatic nitrogens is 2. The minimum atomic E-state index is -3.02. The fraction of sp³-hybridized carbons (Fsp3) is 0.700. The summed E-state index contributed by atoms with van der Waals surface area (Å²) in [4.78, 5) is 0. The molecule has 4 nitrogen and oxygen atoms in total. The average Bonchev–Trinajstić information content (AvgIpc) is 2.47. The van der Waals surface area contributed by atoms with Gasteiger partial charge in [-0.05, 0) is 19.8 Å². The van der Waals surface area contributed by atoms with Crippen LogP contribution in [0.4, 0.5) is 14.5 Å². The molecule has 0 aliphatic heterocycles. The van der Waals surface area contributed by atoms with Crippen LogP contribution < -0.4 is 5.73 Å². The monoisotopic (exact) mass is 231 g/mol. The lowest BCUT2D eigenvalue weighted by Gasteiger charge is -2.39. The average molecular weight is 231 g/mol. The topological polar surface area (TPSA) is 53.1 Å². The third-order valence-electron chi connectivity index (χ3n) is 3.29. The molecule has 90 valence electrons. The standard InChI is InChI=1S/C10H15F2N3O/c1-6-9(13)5-14-15(6)8-3-7(4-8)10(11,12)16-2/h5,7-8H,3-4,13H2,1-2H3. The summed E-state index contributed by atoms with van der Waals surface area (Å²) in [5.41, 5.74) is 7.08. The van der Waals surface area contributed by atoms with Crippen molar-refractivity contribution < 1.29 is 13.5 Å². The van der Waals surface area contributed by atoms with E-state index in [9.17, 15) is 8.78 Å². The van der Waals surface area contributed by atoms with E-state index >= 15 is 0 Å². The highest BCUT2D eigenvalue weighted by Gasteiger charge is 2.49. The van der Waals surface area contributed by atoms with E-state index in [1.807, 2.05) is 6.92 Å². The lowest BCUT2D eigenvalue weighted by Crippen LogP contribution is -2.41. The van der Waals surface area contributed by atoms with Gasteiger partial charge >= 0.3 is 6.11 Å². The first kappa shape index (κ1) is 11.3. The zero-order chi connectivity index (χ0) is 11.9. The number of methoxy groups -OCH3 is 1. The second-order valence-electron chi connectivity index (χ2n) is 4.22. The third-order valence-corrected chi connectivity index (χ3v) is 3.29. The molecular formula is C10H15F2N3O. The first-order valence-electron chi connectivity index (χ1n) is 5.18. The summed E-state index contributed by atoms with van der Waals surface area (Å²) >= 11 is 0. The molecule has 0 unspecified atom stereocenters. The molecule has 0 saturated heterocycles. The molecule has 1 saturated carbocycles. The molecular weight excluding hydrogens is 216 g/mol. The van der Waals surface area contributed by atoms with Crippen molar-refractivity contribution in [2.75, 3.05) is 12.8 Å². The van der Waals surface area contributed by atoms with Crippen LogP contribution in [0.15, 0.2) is 6.20 Å². The van der Waals surface area contributed by atoms with E-state index in [1.54, 1.807) is 10.9 Å². The van der Waals surface area contributed by atoms with Gasteiger partial charge in [-0.15, -0.1) is 0 Å². The Labute approximate surface area is 92.4 Å². The first-order valence-corrected chi connectivity index (χ1v) is 5.18. The number of ether oxygens (including phenoxy) is 1. The van der Waals surface area contributed by atoms with Gasteiger partial charge in [-0.3, -0.25) is 4.68 Å². The molecule has 1 aliphatic rings. The highest BCUT2D eigenvalue weighted by molar-refractivity contribution is 5.40. The number of halogens is 2. The summed E-state index contributed by atoms with van der Waals surface area (Å²) in [5, 5.41) is 4.09. The van der Waals surface area contributed by atoms with Gasteiger partial charge in [0, 0.05) is 7.11 Å². The fourth-order valence-electron chi connectivity index (χ4n) is 2.03. The zero-order valence-corrected chi connectivity index (χ0v) is 9.28. The molecule has 0 spiro atoms. The lowest BCUT2D eigenvalue weighted by molar-refractivity contribution is -0.276. The van der Waals surface area contributed by atoms with Gasteiger partial charge in [-0.2, -0.15) is 13.9 Å². The lowest BCUT2D eigenvalue weighted by atomic mass is 9.79. The van der Waals surface area contributed by atoms with Crippen molar-refractivity contribution in [3.05, 3.63) is 11.9 Å². The number of anilines is 1. The van der Waals surface area contributed by atoms with Gasteiger partial charge in [-0.25, -0.2) is 0 Å². The van der Waals surface area contributed by atoms with E-state index in [4.69, 9.17) is 5.73 Å². The van der Waals surface area contributed by atoms with E-state index in [1.165, 1.54) is 0 Å². The summed E-state index contributed by atoms with van der Waals surface area (Å²) in [6.45, 7) is 1.84. The molecule has 6 heteroatoms. The maximum atomic E-state index is 13.1. The van der Waals surface area contributed by atoms with Crippen LogP contribution in [0.25, 0.3) is 0 Å². The van der Waals surface area contributed by atoms with E-state index in [0.29, 0.717) is 18.5 Å². The van der Waals surface area contributed by atoms with E-state index in [2.05, 4.69) is 9.84 Å². The van der Waals surface area contributed by atoms with Gasteiger partial charge in [0.1, 0.15) is 0 Å². The summed E-state index contributed by atoms with van der Waals surface area (Å²) in [5.74, 6) is -0.715. The Bertz CT molecular complexity index is 385. The molecule has 2 N–H and O–H groups in total. The van der Waals surface area contributed by atoms with Crippen molar-refractivity contribution in [3.63, 3.8) is 0 Å². The summed E-state index contributed by atoms with van der Waals surface area (Å²) < 4.78 is 32.1. The Morgan fingerprint density at radius 1 is 1.56 bits per heavy atom. The van der Waals surface area contributed by atoms with Crippen molar-refractivity contribution >= 4 is 5.69 Å². The van der Waals surface area contributed by atoms with Crippen LogP contribution in [0.2, 0.25) is 0 Å². The van der Waals surface area contributed by atoms with Crippen LogP contribution >= 0.6 is 0 Å². The number of nitrogens with zero attached hydrogens (tertiary/aromatic N) is 2. The molecule has 1 heterocycles. The second-order valence-corrected chi connectivity index (χ2v) is 4.22. The van der Waals surface area contributed by atoms with Crippen LogP contribution in [0.3, 0.4) is 0 Å². The van der Waals surface area contributed by atoms with Crippen LogP contribution in [0.1, 0.15) is 24.6 Å². The molecule has 1 aromatic rings. The van der Waals surface area contributed by atoms with Crippen LogP contribution in [0.5, 0.6) is 0 Å². The van der Waals surface area contributed by atoms with Crippen molar-refractivity contribution in [2.45, 2.75) is 31.9 Å². The van der Waals surface area contributed by atoms with Crippen molar-refractivity contribution in [2.24, 2.45) is 5.92 Å². The normalized spacial score (nSPS) is 25.5. The zero-order valence-electron chi connectivity index (χ0n) is 9.28. The molecule has 0 atom stereocenters. The molecule has 0 radical (unpaired) electrons. The molecule has 1 aliphatic carbocycles. The Balaban J connectivity index is 2.01. The highest BCUT2D eigenvalue weighted by atomic mass is 19.3. The number of nitrogen functional groups attached to an aromatic ring is 1. The number of nitrogens with two attached hydrogens (primary N) is 1. The molecule has 1 fully saturated rings. The van der Waals surface area contributed by atoms with Crippen LogP contribution in [-0.4, -0.2) is 23.0 Å². The smallest absolute Gasteiger partial charge is 0.358 e. The van der Waals surface area contributed by atoms with Gasteiger partial charge in [-0.1, -0.05) is 0 Å². The molecule has 16 heavy (non-hydrogen) atoms. The van der Waals surface area contributed by atoms with E-state index < -0.39 is 12.0 Å². The number of hydrogen-bond acceptors (Lipinski definition) is 3. The van der Waals surface area contributed by atoms with Crippen LogP contribution in [0, 0.1) is 12.8 Å². The van der Waals surface area contributed by atoms with Gasteiger partial charge in [0.2, 0.25) is 0 Å². The van der Waals surface area contributed by atoms with E-state index in [0.717, 1.165) is 12.8 Å². The molecule has 0 aromatic carbocycles. The highest BCUT2D eigenvalue weighted by Crippen LogP contribution is 2.47. The van der Waals surface area contributed by atoms with Crippen LogP contribution in [-0.2, 0) is 4.74 Å². The molecule has 0 bridgehead atoms. The van der Waals surface area contributed by atoms with Crippen molar-refractivity contribution in [3.8, 4) is 0 Å². The Morgan fingerprint density at radius 3 is 2.62 bits per heavy atom. The quantitative estimate of drug-likeness (QED) is 0.865. The Kier molecular flexibility index (Phi) is 2.61. The van der Waals surface area contributed by atoms with Gasteiger partial charge in [0.05, 0.1) is 29.5 Å². The fourth-order valence-corrected chi connectivity index (χ4v) is 2.03. The first-order chi connectivity index (χ1) is 7.45. The Hall–Kier alpha value is -1.17. The van der Waals surface area contributed by atoms with Gasteiger partial charge in [0.15, 0.2) is 0 Å². The van der Waals surface area contributed by atoms with E-state index in [-0.39, 0.29) is 6.04 Å². The minimum Gasteiger partial charge on any atom is -0.396 e. The van der Waals surface area contributed by atoms with Gasteiger partial charge in [0.25, 0.3) is 0 Å². The van der Waals surface area contributed by atoms with Gasteiger partial charge < -0.3 is 10.5 Å². The second kappa shape index (κ2) is 3.69. The SMILES string of the molecule is COC(F)(F)C1CC(n2ncc(N)c2C)C1. The van der Waals surface area contributed by atoms with Crippen molar-refractivity contribution in [1.29, 1.82) is 0 Å². The summed E-state index contributed by atoms with van der Waals surface area (Å²) in [7, 11) is 1.03. The molecule has 0 amide bonds. The number of hydrogen-bond donors (Lipinski definition) is 1. The predicted molar refractivity (Wildman–Crippen MR) is 55.1 cm³/mol. The number of alkyl halides is 2. The maximum Gasteiger partial charge on any atom is 0.358 e. The number of rotatable bonds is 3. The molecule has 2 rings (SSSR count).